The molecule has 1 aromatic carbocycles. The lowest BCUT2D eigenvalue weighted by Crippen LogP contribution is -2.23. The first kappa shape index (κ1) is 15.3. The Bertz CT molecular complexity index is 722. The summed E-state index contributed by atoms with van der Waals surface area (Å²) >= 11 is 11.6. The van der Waals surface area contributed by atoms with Gasteiger partial charge in [-0.2, -0.15) is 5.10 Å². The molecular formula is C12H13Cl2N3O2S. The molecule has 0 unspecified atom stereocenters. The molecule has 108 valence electrons. The van der Waals surface area contributed by atoms with E-state index in [1.165, 1.54) is 18.2 Å². The lowest BCUT2D eigenvalue weighted by atomic mass is 10.2. The molecule has 0 aliphatic carbocycles. The third kappa shape index (κ3) is 3.15. The molecule has 20 heavy (non-hydrogen) atoms. The molecule has 0 aliphatic heterocycles. The summed E-state index contributed by atoms with van der Waals surface area (Å²) in [5.74, 6) is 0. The molecule has 0 spiro atoms. The molecule has 1 aromatic heterocycles. The fraction of sp³-hybridized carbons (Fsp3) is 0.250. The highest BCUT2D eigenvalue weighted by Crippen LogP contribution is 2.24. The molecule has 0 saturated heterocycles. The summed E-state index contributed by atoms with van der Waals surface area (Å²) < 4.78 is 26.9. The van der Waals surface area contributed by atoms with Crippen molar-refractivity contribution in [1.29, 1.82) is 0 Å². The number of hydrogen-bond acceptors (Lipinski definition) is 3. The Morgan fingerprint density at radius 3 is 2.50 bits per heavy atom. The zero-order valence-electron chi connectivity index (χ0n) is 10.9. The summed E-state index contributed by atoms with van der Waals surface area (Å²) in [6, 6.07) is 4.18. The first-order valence-electron chi connectivity index (χ1n) is 5.76. The minimum atomic E-state index is -3.64. The Morgan fingerprint density at radius 2 is 1.95 bits per heavy atom. The van der Waals surface area contributed by atoms with E-state index < -0.39 is 10.0 Å². The van der Waals surface area contributed by atoms with Crippen LogP contribution < -0.4 is 4.72 Å². The number of halogens is 2. The molecule has 5 nitrogen and oxygen atoms in total. The highest BCUT2D eigenvalue weighted by Gasteiger charge is 2.17. The lowest BCUT2D eigenvalue weighted by molar-refractivity contribution is 0.581. The van der Waals surface area contributed by atoms with Gasteiger partial charge in [0.25, 0.3) is 0 Å². The van der Waals surface area contributed by atoms with Gasteiger partial charge in [0, 0.05) is 17.8 Å². The highest BCUT2D eigenvalue weighted by atomic mass is 35.5. The van der Waals surface area contributed by atoms with E-state index in [-0.39, 0.29) is 16.5 Å². The SMILES string of the molecule is Cc1n[nH]c(C)c1CNS(=O)(=O)c1ccc(Cl)c(Cl)c1. The third-order valence-electron chi connectivity index (χ3n) is 2.92. The Hall–Kier alpha value is -1.08. The Kier molecular flexibility index (Phi) is 4.39. The van der Waals surface area contributed by atoms with Crippen molar-refractivity contribution in [3.8, 4) is 0 Å². The van der Waals surface area contributed by atoms with Crippen molar-refractivity contribution in [2.75, 3.05) is 0 Å². The van der Waals surface area contributed by atoms with Crippen LogP contribution in [-0.2, 0) is 16.6 Å². The van der Waals surface area contributed by atoms with Crippen LogP contribution in [0.4, 0.5) is 0 Å². The summed E-state index contributed by atoms with van der Waals surface area (Å²) in [5.41, 5.74) is 2.42. The fourth-order valence-electron chi connectivity index (χ4n) is 1.73. The predicted molar refractivity (Wildman–Crippen MR) is 78.5 cm³/mol. The van der Waals surface area contributed by atoms with Gasteiger partial charge in [0.05, 0.1) is 20.6 Å². The van der Waals surface area contributed by atoms with Crippen LogP contribution in [0.25, 0.3) is 0 Å². The molecule has 0 radical (unpaired) electrons. The van der Waals surface area contributed by atoms with Gasteiger partial charge in [0.2, 0.25) is 10.0 Å². The van der Waals surface area contributed by atoms with Crippen molar-refractivity contribution in [1.82, 2.24) is 14.9 Å². The second kappa shape index (κ2) is 5.73. The Balaban J connectivity index is 2.21. The van der Waals surface area contributed by atoms with Crippen LogP contribution >= 0.6 is 23.2 Å². The van der Waals surface area contributed by atoms with Gasteiger partial charge in [-0.3, -0.25) is 5.10 Å². The van der Waals surface area contributed by atoms with Gasteiger partial charge in [-0.1, -0.05) is 23.2 Å². The number of hydrogen-bond donors (Lipinski definition) is 2. The van der Waals surface area contributed by atoms with E-state index in [4.69, 9.17) is 23.2 Å². The van der Waals surface area contributed by atoms with Gasteiger partial charge in [0.1, 0.15) is 0 Å². The molecule has 2 aromatic rings. The maximum Gasteiger partial charge on any atom is 0.240 e. The highest BCUT2D eigenvalue weighted by molar-refractivity contribution is 7.89. The van der Waals surface area contributed by atoms with Gasteiger partial charge in [-0.05, 0) is 32.0 Å². The van der Waals surface area contributed by atoms with E-state index >= 15 is 0 Å². The number of nitrogens with zero attached hydrogens (tertiary/aromatic N) is 1. The molecule has 0 fully saturated rings. The van der Waals surface area contributed by atoms with Gasteiger partial charge in [-0.25, -0.2) is 13.1 Å². The number of H-pyrrole nitrogens is 1. The van der Waals surface area contributed by atoms with Crippen LogP contribution in [0.1, 0.15) is 17.0 Å². The topological polar surface area (TPSA) is 74.8 Å². The monoisotopic (exact) mass is 333 g/mol. The summed E-state index contributed by atoms with van der Waals surface area (Å²) in [4.78, 5) is 0.0747. The summed E-state index contributed by atoms with van der Waals surface area (Å²) in [5, 5.41) is 7.33. The van der Waals surface area contributed by atoms with Crippen molar-refractivity contribution < 1.29 is 8.42 Å². The van der Waals surface area contributed by atoms with Gasteiger partial charge in [-0.15, -0.1) is 0 Å². The van der Waals surface area contributed by atoms with Crippen molar-refractivity contribution in [3.63, 3.8) is 0 Å². The number of sulfonamides is 1. The molecule has 0 saturated carbocycles. The van der Waals surface area contributed by atoms with Crippen molar-refractivity contribution in [2.24, 2.45) is 0 Å². The molecule has 8 heteroatoms. The fourth-order valence-corrected chi connectivity index (χ4v) is 3.11. The third-order valence-corrected chi connectivity index (χ3v) is 5.06. The number of rotatable bonds is 4. The normalized spacial score (nSPS) is 11.8. The van der Waals surface area contributed by atoms with E-state index in [1.807, 2.05) is 13.8 Å². The van der Waals surface area contributed by atoms with Crippen molar-refractivity contribution in [2.45, 2.75) is 25.3 Å². The quantitative estimate of drug-likeness (QED) is 0.903. The van der Waals surface area contributed by atoms with Crippen molar-refractivity contribution in [3.05, 3.63) is 45.2 Å². The number of benzene rings is 1. The molecule has 0 aliphatic rings. The average molecular weight is 334 g/mol. The predicted octanol–water partition coefficient (Wildman–Crippen LogP) is 2.81. The molecular weight excluding hydrogens is 321 g/mol. The molecule has 0 atom stereocenters. The molecule has 2 rings (SSSR count). The smallest absolute Gasteiger partial charge is 0.240 e. The molecule has 2 N–H and O–H groups in total. The average Bonchev–Trinajstić information content (AvgIpc) is 2.70. The van der Waals surface area contributed by atoms with Crippen LogP contribution in [0, 0.1) is 13.8 Å². The van der Waals surface area contributed by atoms with Gasteiger partial charge < -0.3 is 0 Å². The summed E-state index contributed by atoms with van der Waals surface area (Å²) in [6.45, 7) is 3.81. The van der Waals surface area contributed by atoms with Crippen LogP contribution in [0.2, 0.25) is 10.0 Å². The summed E-state index contributed by atoms with van der Waals surface area (Å²) in [7, 11) is -3.64. The maximum absolute atomic E-state index is 12.2. The zero-order chi connectivity index (χ0) is 14.9. The lowest BCUT2D eigenvalue weighted by Gasteiger charge is -2.08. The van der Waals surface area contributed by atoms with Crippen LogP contribution in [0.15, 0.2) is 23.1 Å². The van der Waals surface area contributed by atoms with Gasteiger partial charge in [0.15, 0.2) is 0 Å². The van der Waals surface area contributed by atoms with Crippen LogP contribution in [0.5, 0.6) is 0 Å². The second-order valence-corrected chi connectivity index (χ2v) is 6.89. The van der Waals surface area contributed by atoms with E-state index in [2.05, 4.69) is 14.9 Å². The first-order valence-corrected chi connectivity index (χ1v) is 8.00. The standard InChI is InChI=1S/C12H13Cl2N3O2S/c1-7-10(8(2)17-16-7)6-15-20(18,19)9-3-4-11(13)12(14)5-9/h3-5,15H,6H2,1-2H3,(H,16,17). The second-order valence-electron chi connectivity index (χ2n) is 4.31. The van der Waals surface area contributed by atoms with E-state index in [0.29, 0.717) is 5.02 Å². The number of aromatic nitrogens is 2. The number of nitrogens with one attached hydrogen (secondary N) is 2. The molecule has 0 amide bonds. The maximum atomic E-state index is 12.2. The Labute approximate surface area is 127 Å². The first-order chi connectivity index (χ1) is 9.31. The van der Waals surface area contributed by atoms with E-state index in [1.54, 1.807) is 0 Å². The summed E-state index contributed by atoms with van der Waals surface area (Å²) in [6.07, 6.45) is 0. The van der Waals surface area contributed by atoms with E-state index in [0.717, 1.165) is 17.0 Å². The number of aryl methyl sites for hydroxylation is 2. The Morgan fingerprint density at radius 1 is 1.25 bits per heavy atom. The van der Waals surface area contributed by atoms with Crippen LogP contribution in [0.3, 0.4) is 0 Å². The van der Waals surface area contributed by atoms with E-state index in [9.17, 15) is 8.42 Å². The van der Waals surface area contributed by atoms with Crippen LogP contribution in [-0.4, -0.2) is 18.6 Å². The largest absolute Gasteiger partial charge is 0.282 e. The van der Waals surface area contributed by atoms with Crippen molar-refractivity contribution >= 4 is 33.2 Å². The van der Waals surface area contributed by atoms with Gasteiger partial charge >= 0.3 is 0 Å². The minimum Gasteiger partial charge on any atom is -0.282 e. The molecule has 1 heterocycles. The minimum absolute atomic E-state index is 0.0747. The molecule has 0 bridgehead atoms. The number of aromatic amines is 1. The zero-order valence-corrected chi connectivity index (χ0v) is 13.2.